The van der Waals surface area contributed by atoms with E-state index in [-0.39, 0.29) is 23.8 Å². The zero-order chi connectivity index (χ0) is 20.1. The first-order valence-electron chi connectivity index (χ1n) is 9.66. The van der Waals surface area contributed by atoms with Crippen LogP contribution in [0.3, 0.4) is 0 Å². The fraction of sp³-hybridized carbons (Fsp3) is 0.667. The summed E-state index contributed by atoms with van der Waals surface area (Å²) in [4.78, 5) is 12.6. The molecule has 154 valence electrons. The molecule has 27 heavy (non-hydrogen) atoms. The summed E-state index contributed by atoms with van der Waals surface area (Å²) in [5.74, 6) is 2.82. The third-order valence-electron chi connectivity index (χ3n) is 4.59. The van der Waals surface area contributed by atoms with Crippen LogP contribution in [0.5, 0.6) is 0 Å². The van der Waals surface area contributed by atoms with Crippen molar-refractivity contribution in [1.29, 1.82) is 0 Å². The average molecular weight is 413 g/mol. The summed E-state index contributed by atoms with van der Waals surface area (Å²) in [6.07, 6.45) is 6.07. The van der Waals surface area contributed by atoms with E-state index in [0.717, 1.165) is 48.5 Å². The molecule has 1 unspecified atom stereocenters. The van der Waals surface area contributed by atoms with Crippen LogP contribution in [0.25, 0.3) is 0 Å². The summed E-state index contributed by atoms with van der Waals surface area (Å²) in [7, 11) is 1.73. The van der Waals surface area contributed by atoms with Crippen LogP contribution in [0.1, 0.15) is 50.2 Å². The van der Waals surface area contributed by atoms with E-state index < -0.39 is 0 Å². The minimum absolute atomic E-state index is 0.0342. The summed E-state index contributed by atoms with van der Waals surface area (Å²) in [6.45, 7) is 4.77. The molecule has 0 spiro atoms. The van der Waals surface area contributed by atoms with Gasteiger partial charge in [-0.3, -0.25) is 10.2 Å². The second kappa shape index (κ2) is 13.5. The molecule has 0 saturated carbocycles. The van der Waals surface area contributed by atoms with E-state index >= 15 is 0 Å². The quantitative estimate of drug-likeness (QED) is 0.320. The number of nitrogens with one attached hydrogen (secondary N) is 2. The molecule has 0 aliphatic heterocycles. The van der Waals surface area contributed by atoms with E-state index in [1.54, 1.807) is 18.8 Å². The maximum Gasteiger partial charge on any atom is 0.241 e. The highest BCUT2D eigenvalue weighted by molar-refractivity contribution is 7.99. The molecule has 1 amide bonds. The third kappa shape index (κ3) is 9.88. The first-order valence-corrected chi connectivity index (χ1v) is 12.2. The lowest BCUT2D eigenvalue weighted by molar-refractivity contribution is -0.123. The number of hydrazine groups is 1. The highest BCUT2D eigenvalue weighted by atomic mass is 32.2. The number of hydrogen-bond acceptors (Lipinski definition) is 5. The Hall–Kier alpha value is -0.690. The molecule has 0 bridgehead atoms. The topological polar surface area (TPSA) is 61.4 Å². The monoisotopic (exact) mass is 412 g/mol. The van der Waals surface area contributed by atoms with Gasteiger partial charge in [-0.1, -0.05) is 44.5 Å². The van der Waals surface area contributed by atoms with E-state index in [2.05, 4.69) is 55.2 Å². The van der Waals surface area contributed by atoms with Crippen molar-refractivity contribution in [1.82, 2.24) is 10.9 Å². The zero-order valence-electron chi connectivity index (χ0n) is 17.2. The van der Waals surface area contributed by atoms with Crippen LogP contribution in [0.15, 0.2) is 24.3 Å². The maximum absolute atomic E-state index is 12.6. The van der Waals surface area contributed by atoms with Gasteiger partial charge in [-0.25, -0.2) is 5.43 Å². The predicted molar refractivity (Wildman–Crippen MR) is 121 cm³/mol. The lowest BCUT2D eigenvalue weighted by Gasteiger charge is -2.25. The highest BCUT2D eigenvalue weighted by Crippen LogP contribution is 2.31. The second-order valence-electron chi connectivity index (χ2n) is 7.61. The summed E-state index contributed by atoms with van der Waals surface area (Å²) < 4.78 is 0. The molecule has 0 fully saturated rings. The third-order valence-corrected chi connectivity index (χ3v) is 6.66. The molecule has 0 aliphatic rings. The Balaban J connectivity index is 2.73. The smallest absolute Gasteiger partial charge is 0.241 e. The van der Waals surface area contributed by atoms with Crippen LogP contribution in [0.2, 0.25) is 0 Å². The van der Waals surface area contributed by atoms with Crippen LogP contribution in [-0.2, 0) is 11.2 Å². The molecule has 0 heterocycles. The number of benzene rings is 1. The van der Waals surface area contributed by atoms with Crippen molar-refractivity contribution in [2.75, 3.05) is 37.2 Å². The van der Waals surface area contributed by atoms with Crippen LogP contribution < -0.4 is 10.9 Å². The van der Waals surface area contributed by atoms with Crippen molar-refractivity contribution in [3.8, 4) is 0 Å². The van der Waals surface area contributed by atoms with Crippen LogP contribution in [0, 0.1) is 5.41 Å². The van der Waals surface area contributed by atoms with E-state index in [4.69, 9.17) is 5.11 Å². The van der Waals surface area contributed by atoms with E-state index in [1.165, 1.54) is 5.56 Å². The van der Waals surface area contributed by atoms with Gasteiger partial charge in [-0.2, -0.15) is 23.5 Å². The van der Waals surface area contributed by atoms with E-state index in [0.29, 0.717) is 0 Å². The Morgan fingerprint density at radius 3 is 2.74 bits per heavy atom. The molecule has 3 N–H and O–H groups in total. The van der Waals surface area contributed by atoms with Gasteiger partial charge in [-0.15, -0.1) is 0 Å². The van der Waals surface area contributed by atoms with Gasteiger partial charge in [0.2, 0.25) is 5.91 Å². The van der Waals surface area contributed by atoms with E-state index in [1.807, 2.05) is 11.8 Å². The average Bonchev–Trinajstić information content (AvgIpc) is 2.64. The minimum Gasteiger partial charge on any atom is -0.396 e. The molecule has 6 heteroatoms. The highest BCUT2D eigenvalue weighted by Gasteiger charge is 2.23. The molecule has 0 saturated heterocycles. The maximum atomic E-state index is 12.6. The Labute approximate surface area is 173 Å². The van der Waals surface area contributed by atoms with Crippen LogP contribution in [-0.4, -0.2) is 48.2 Å². The van der Waals surface area contributed by atoms with Crippen LogP contribution in [0.4, 0.5) is 0 Å². The van der Waals surface area contributed by atoms with Gasteiger partial charge in [0, 0.05) is 12.8 Å². The lowest BCUT2D eigenvalue weighted by atomic mass is 9.85. The van der Waals surface area contributed by atoms with Crippen molar-refractivity contribution < 1.29 is 9.90 Å². The molecule has 0 aromatic heterocycles. The molecular weight excluding hydrogens is 376 g/mol. The number of carbonyl (C=O) groups is 1. The molecule has 1 atom stereocenters. The summed E-state index contributed by atoms with van der Waals surface area (Å²) in [5.41, 5.74) is 8.16. The lowest BCUT2D eigenvalue weighted by Crippen LogP contribution is -2.38. The van der Waals surface area contributed by atoms with Gasteiger partial charge < -0.3 is 5.11 Å². The largest absolute Gasteiger partial charge is 0.396 e. The van der Waals surface area contributed by atoms with E-state index in [9.17, 15) is 4.79 Å². The number of rotatable bonds is 14. The van der Waals surface area contributed by atoms with Gasteiger partial charge in [0.1, 0.15) is 0 Å². The van der Waals surface area contributed by atoms with Crippen molar-refractivity contribution >= 4 is 29.4 Å². The normalized spacial score (nSPS) is 12.8. The fourth-order valence-electron chi connectivity index (χ4n) is 3.11. The van der Waals surface area contributed by atoms with Gasteiger partial charge in [0.25, 0.3) is 0 Å². The summed E-state index contributed by atoms with van der Waals surface area (Å²) in [6, 6.07) is 8.48. The van der Waals surface area contributed by atoms with Gasteiger partial charge in [0.05, 0.1) is 12.5 Å². The number of thioether (sulfide) groups is 2. The first kappa shape index (κ1) is 24.3. The number of aliphatic hydroxyl groups excluding tert-OH is 1. The molecule has 1 aromatic carbocycles. The van der Waals surface area contributed by atoms with Crippen LogP contribution >= 0.6 is 23.5 Å². The number of carbonyl (C=O) groups excluding carboxylic acids is 1. The number of aryl methyl sites for hydroxylation is 1. The molecule has 1 rings (SSSR count). The Bertz CT molecular complexity index is 553. The Morgan fingerprint density at radius 2 is 2.07 bits per heavy atom. The molecule has 4 nitrogen and oxygen atoms in total. The molecule has 0 radical (unpaired) electrons. The number of hydrogen-bond donors (Lipinski definition) is 3. The molecule has 0 aliphatic carbocycles. The molecule has 1 aromatic rings. The summed E-state index contributed by atoms with van der Waals surface area (Å²) in [5, 5.41) is 8.95. The molecular formula is C21H36N2O2S2. The predicted octanol–water partition coefficient (Wildman–Crippen LogP) is 3.85. The fourth-order valence-corrected chi connectivity index (χ4v) is 4.52. The SMILES string of the molecule is CNNC(=O)C(CCCC(C)(C)CSCCO)c1cccc(CCSC)c1. The second-order valence-corrected chi connectivity index (χ2v) is 9.70. The summed E-state index contributed by atoms with van der Waals surface area (Å²) >= 11 is 3.64. The minimum atomic E-state index is -0.132. The first-order chi connectivity index (χ1) is 12.9. The van der Waals surface area contributed by atoms with Gasteiger partial charge in [-0.05, 0) is 53.6 Å². The standard InChI is InChI=1S/C21H36N2O2S2/c1-21(2,16-27-14-12-24)11-6-9-19(20(25)23-22-3)18-8-5-7-17(15-18)10-13-26-4/h5,7-8,15,19,22,24H,6,9-14,16H2,1-4H3,(H,23,25). The van der Waals surface area contributed by atoms with Gasteiger partial charge >= 0.3 is 0 Å². The van der Waals surface area contributed by atoms with Crippen molar-refractivity contribution in [3.63, 3.8) is 0 Å². The zero-order valence-corrected chi connectivity index (χ0v) is 18.8. The van der Waals surface area contributed by atoms with Gasteiger partial charge in [0.15, 0.2) is 0 Å². The Morgan fingerprint density at radius 1 is 1.30 bits per heavy atom. The van der Waals surface area contributed by atoms with Crippen molar-refractivity contribution in [2.24, 2.45) is 5.41 Å². The Kier molecular flexibility index (Phi) is 12.2. The van der Waals surface area contributed by atoms with Crippen molar-refractivity contribution in [2.45, 2.75) is 45.4 Å². The number of amides is 1. The van der Waals surface area contributed by atoms with Crippen molar-refractivity contribution in [3.05, 3.63) is 35.4 Å². The number of aliphatic hydroxyl groups is 1.